The quantitative estimate of drug-likeness (QED) is 0.194. The van der Waals surface area contributed by atoms with Gasteiger partial charge in [-0.25, -0.2) is 0 Å². The second kappa shape index (κ2) is 14.1. The first-order chi connectivity index (χ1) is 20.6. The highest BCUT2D eigenvalue weighted by Crippen LogP contribution is 2.44. The average Bonchev–Trinajstić information content (AvgIpc) is 2.98. The van der Waals surface area contributed by atoms with Gasteiger partial charge in [0.1, 0.15) is 24.4 Å². The van der Waals surface area contributed by atoms with Crippen LogP contribution in [0.2, 0.25) is 0 Å². The normalized spacial score (nSPS) is 21.7. The minimum atomic E-state index is -1.49. The Morgan fingerprint density at radius 2 is 1.00 bits per heavy atom. The van der Waals surface area contributed by atoms with Crippen LogP contribution < -0.4 is 0 Å². The predicted octanol–water partition coefficient (Wildman–Crippen LogP) is 4.08. The Kier molecular flexibility index (Phi) is 10.3. The number of ether oxygens (including phenoxy) is 6. The molecule has 4 rings (SSSR count). The van der Waals surface area contributed by atoms with Gasteiger partial charge in [-0.15, -0.1) is 0 Å². The van der Waals surface area contributed by atoms with E-state index in [4.69, 9.17) is 28.4 Å². The number of carbonyl (C=O) groups excluding carboxylic acids is 4. The molecule has 0 aromatic heterocycles. The molecule has 0 radical (unpaired) electrons. The summed E-state index contributed by atoms with van der Waals surface area (Å²) >= 11 is 0. The maximum Gasteiger partial charge on any atom is 0.305 e. The second-order valence-corrected chi connectivity index (χ2v) is 9.96. The standard InChI is InChI=1S/C33H34O10/c1-21(34)38-20-28-29(39-22(2)35)30(31(40-23(3)36)32(42-28)41-24(4)37)43-33(25-14-8-5-9-15-25,26-16-10-6-11-17-26)27-18-12-7-13-19-27/h5-19,28-32H,20H2,1-4H3/t28-,29-,30+,31-,32-/m1/s1. The molecule has 0 saturated carbocycles. The summed E-state index contributed by atoms with van der Waals surface area (Å²) in [6.07, 6.45) is -6.61. The van der Waals surface area contributed by atoms with E-state index in [-0.39, 0.29) is 6.61 Å². The minimum Gasteiger partial charge on any atom is -0.463 e. The summed E-state index contributed by atoms with van der Waals surface area (Å²) < 4.78 is 35.3. The molecule has 0 aliphatic carbocycles. The molecule has 1 aliphatic heterocycles. The SMILES string of the molecule is CC(=O)OC[C@H]1O[C@@H](OC(C)=O)[C@H](OC(C)=O)[C@@H](OC(c2ccccc2)(c2ccccc2)c2ccccc2)[C@@H]1OC(C)=O. The van der Waals surface area contributed by atoms with Crippen molar-refractivity contribution in [2.45, 2.75) is 64.0 Å². The topological polar surface area (TPSA) is 124 Å². The first kappa shape index (κ1) is 31.4. The molecule has 0 spiro atoms. The van der Waals surface area contributed by atoms with E-state index in [1.54, 1.807) is 0 Å². The molecule has 1 saturated heterocycles. The Balaban J connectivity index is 1.99. The molecule has 10 nitrogen and oxygen atoms in total. The summed E-state index contributed by atoms with van der Waals surface area (Å²) in [4.78, 5) is 48.9. The van der Waals surface area contributed by atoms with Gasteiger partial charge in [-0.05, 0) is 16.7 Å². The molecular weight excluding hydrogens is 556 g/mol. The fraction of sp³-hybridized carbons (Fsp3) is 0.333. The van der Waals surface area contributed by atoms with Crippen LogP contribution >= 0.6 is 0 Å². The summed E-state index contributed by atoms with van der Waals surface area (Å²) in [5.41, 5.74) is 0.767. The van der Waals surface area contributed by atoms with Crippen molar-refractivity contribution in [1.82, 2.24) is 0 Å². The molecule has 1 fully saturated rings. The highest BCUT2D eigenvalue weighted by Gasteiger charge is 2.56. The zero-order valence-corrected chi connectivity index (χ0v) is 24.3. The van der Waals surface area contributed by atoms with Crippen molar-refractivity contribution < 1.29 is 47.6 Å². The van der Waals surface area contributed by atoms with Crippen LogP contribution in [0.4, 0.5) is 0 Å². The molecule has 0 N–H and O–H groups in total. The van der Waals surface area contributed by atoms with E-state index in [0.29, 0.717) is 16.7 Å². The number of esters is 4. The largest absolute Gasteiger partial charge is 0.463 e. The maximum absolute atomic E-state index is 12.5. The average molecular weight is 591 g/mol. The van der Waals surface area contributed by atoms with Gasteiger partial charge >= 0.3 is 23.9 Å². The number of hydrogen-bond acceptors (Lipinski definition) is 10. The minimum absolute atomic E-state index is 0.368. The Morgan fingerprint density at radius 1 is 0.581 bits per heavy atom. The summed E-state index contributed by atoms with van der Waals surface area (Å²) in [6, 6.07) is 28.1. The van der Waals surface area contributed by atoms with Gasteiger partial charge in [-0.1, -0.05) is 91.0 Å². The summed E-state index contributed by atoms with van der Waals surface area (Å²) in [6.45, 7) is 4.41. The van der Waals surface area contributed by atoms with E-state index >= 15 is 0 Å². The van der Waals surface area contributed by atoms with Gasteiger partial charge in [0.15, 0.2) is 12.2 Å². The van der Waals surface area contributed by atoms with Crippen molar-refractivity contribution >= 4 is 23.9 Å². The van der Waals surface area contributed by atoms with E-state index in [1.807, 2.05) is 91.0 Å². The molecule has 5 atom stereocenters. The van der Waals surface area contributed by atoms with Gasteiger partial charge in [-0.2, -0.15) is 0 Å². The molecule has 3 aromatic carbocycles. The van der Waals surface area contributed by atoms with Crippen LogP contribution in [0, 0.1) is 0 Å². The number of benzene rings is 3. The van der Waals surface area contributed by atoms with Gasteiger partial charge in [0.25, 0.3) is 0 Å². The number of hydrogen-bond donors (Lipinski definition) is 0. The highest BCUT2D eigenvalue weighted by molar-refractivity contribution is 5.68. The van der Waals surface area contributed by atoms with Crippen molar-refractivity contribution in [3.63, 3.8) is 0 Å². The molecule has 3 aromatic rings. The Morgan fingerprint density at radius 3 is 1.40 bits per heavy atom. The van der Waals surface area contributed by atoms with Crippen LogP contribution in [-0.4, -0.2) is 61.2 Å². The van der Waals surface area contributed by atoms with E-state index in [0.717, 1.165) is 0 Å². The fourth-order valence-corrected chi connectivity index (χ4v) is 5.18. The molecule has 43 heavy (non-hydrogen) atoms. The van der Waals surface area contributed by atoms with Crippen LogP contribution in [0.5, 0.6) is 0 Å². The maximum atomic E-state index is 12.5. The lowest BCUT2D eigenvalue weighted by atomic mass is 9.79. The van der Waals surface area contributed by atoms with Gasteiger partial charge in [-0.3, -0.25) is 19.2 Å². The molecule has 0 amide bonds. The third kappa shape index (κ3) is 7.46. The third-order valence-corrected chi connectivity index (χ3v) is 6.78. The van der Waals surface area contributed by atoms with E-state index in [2.05, 4.69) is 0 Å². The molecule has 1 heterocycles. The van der Waals surface area contributed by atoms with E-state index < -0.39 is 60.2 Å². The molecule has 0 bridgehead atoms. The second-order valence-electron chi connectivity index (χ2n) is 9.96. The molecule has 10 heteroatoms. The smallest absolute Gasteiger partial charge is 0.305 e. The van der Waals surface area contributed by atoms with Crippen LogP contribution in [0.15, 0.2) is 91.0 Å². The summed E-state index contributed by atoms with van der Waals surface area (Å²) in [5, 5.41) is 0. The van der Waals surface area contributed by atoms with Gasteiger partial charge in [0.05, 0.1) is 0 Å². The highest BCUT2D eigenvalue weighted by atomic mass is 16.7. The Bertz CT molecular complexity index is 1300. The number of carbonyl (C=O) groups is 4. The van der Waals surface area contributed by atoms with Crippen LogP contribution in [0.25, 0.3) is 0 Å². The fourth-order valence-electron chi connectivity index (χ4n) is 5.18. The van der Waals surface area contributed by atoms with Crippen LogP contribution in [0.3, 0.4) is 0 Å². The van der Waals surface area contributed by atoms with Crippen molar-refractivity contribution in [3.8, 4) is 0 Å². The zero-order chi connectivity index (χ0) is 31.0. The monoisotopic (exact) mass is 590 g/mol. The van der Waals surface area contributed by atoms with Gasteiger partial charge in [0, 0.05) is 27.7 Å². The van der Waals surface area contributed by atoms with Crippen molar-refractivity contribution in [1.29, 1.82) is 0 Å². The van der Waals surface area contributed by atoms with Crippen molar-refractivity contribution in [2.75, 3.05) is 6.61 Å². The van der Waals surface area contributed by atoms with Gasteiger partial charge in [0.2, 0.25) is 6.29 Å². The lowest BCUT2D eigenvalue weighted by Gasteiger charge is -2.48. The van der Waals surface area contributed by atoms with Crippen LogP contribution in [0.1, 0.15) is 44.4 Å². The van der Waals surface area contributed by atoms with Crippen molar-refractivity contribution in [3.05, 3.63) is 108 Å². The van der Waals surface area contributed by atoms with E-state index in [1.165, 1.54) is 27.7 Å². The molecule has 0 unspecified atom stereocenters. The van der Waals surface area contributed by atoms with E-state index in [9.17, 15) is 19.2 Å². The summed E-state index contributed by atoms with van der Waals surface area (Å²) in [7, 11) is 0. The Labute approximate surface area is 249 Å². The van der Waals surface area contributed by atoms with Crippen molar-refractivity contribution in [2.24, 2.45) is 0 Å². The summed E-state index contributed by atoms with van der Waals surface area (Å²) in [5.74, 6) is -2.74. The molecule has 1 aliphatic rings. The zero-order valence-electron chi connectivity index (χ0n) is 24.3. The lowest BCUT2D eigenvalue weighted by Crippen LogP contribution is -2.64. The van der Waals surface area contributed by atoms with Crippen LogP contribution in [-0.2, 0) is 53.2 Å². The third-order valence-electron chi connectivity index (χ3n) is 6.78. The number of rotatable bonds is 10. The molecule has 226 valence electrons. The molecular formula is C33H34O10. The van der Waals surface area contributed by atoms with Gasteiger partial charge < -0.3 is 28.4 Å². The Hall–Kier alpha value is -4.54. The predicted molar refractivity (Wildman–Crippen MR) is 152 cm³/mol. The first-order valence-electron chi connectivity index (χ1n) is 13.8. The lowest BCUT2D eigenvalue weighted by molar-refractivity contribution is -0.313. The first-order valence-corrected chi connectivity index (χ1v) is 13.8.